The van der Waals surface area contributed by atoms with Crippen LogP contribution in [0.2, 0.25) is 0 Å². The van der Waals surface area contributed by atoms with Crippen molar-refractivity contribution in [1.29, 1.82) is 0 Å². The van der Waals surface area contributed by atoms with E-state index in [1.165, 1.54) is 26.2 Å². The molecule has 5 nitrogen and oxygen atoms in total. The molecule has 1 aromatic heterocycles. The Bertz CT molecular complexity index is 752. The summed E-state index contributed by atoms with van der Waals surface area (Å²) in [5, 5.41) is 2.79. The fraction of sp³-hybridized carbons (Fsp3) is 0.294. The standard InChI is InChI=1S/C17H19FN2O3/c1-10(12-5-6-16(23-4)14(18)7-12)19-17(22)15-8-13(11(2)21)9-20(15)3/h5-10H,1-4H3,(H,19,22). The van der Waals surface area contributed by atoms with E-state index in [0.29, 0.717) is 16.8 Å². The minimum absolute atomic E-state index is 0.107. The molecule has 1 atom stereocenters. The quantitative estimate of drug-likeness (QED) is 0.862. The van der Waals surface area contributed by atoms with Crippen molar-refractivity contribution in [3.8, 4) is 5.75 Å². The van der Waals surface area contributed by atoms with Crippen LogP contribution < -0.4 is 10.1 Å². The van der Waals surface area contributed by atoms with Crippen LogP contribution in [-0.2, 0) is 7.05 Å². The van der Waals surface area contributed by atoms with Crippen LogP contribution in [-0.4, -0.2) is 23.4 Å². The molecular formula is C17H19FN2O3. The van der Waals surface area contributed by atoms with E-state index in [2.05, 4.69) is 5.32 Å². The van der Waals surface area contributed by atoms with Crippen LogP contribution in [0, 0.1) is 5.82 Å². The Labute approximate surface area is 134 Å². The highest BCUT2D eigenvalue weighted by Crippen LogP contribution is 2.22. The third kappa shape index (κ3) is 3.59. The van der Waals surface area contributed by atoms with Gasteiger partial charge < -0.3 is 14.6 Å². The van der Waals surface area contributed by atoms with E-state index in [1.807, 2.05) is 0 Å². The predicted molar refractivity (Wildman–Crippen MR) is 84.3 cm³/mol. The SMILES string of the molecule is COc1ccc(C(C)NC(=O)c2cc(C(C)=O)cn2C)cc1F. The molecule has 0 fully saturated rings. The largest absolute Gasteiger partial charge is 0.494 e. The molecule has 0 radical (unpaired) electrons. The fourth-order valence-electron chi connectivity index (χ4n) is 2.29. The summed E-state index contributed by atoms with van der Waals surface area (Å²) < 4.78 is 20.2. The number of nitrogens with zero attached hydrogens (tertiary/aromatic N) is 1. The first-order valence-corrected chi connectivity index (χ1v) is 7.15. The van der Waals surface area contributed by atoms with Gasteiger partial charge in [0.05, 0.1) is 13.2 Å². The van der Waals surface area contributed by atoms with Crippen LogP contribution in [0.25, 0.3) is 0 Å². The number of Topliss-reactive ketones (excluding diaryl/α,β-unsaturated/α-hetero) is 1. The van der Waals surface area contributed by atoms with E-state index in [0.717, 1.165) is 0 Å². The normalized spacial score (nSPS) is 11.9. The summed E-state index contributed by atoms with van der Waals surface area (Å²) in [7, 11) is 3.09. The zero-order valence-corrected chi connectivity index (χ0v) is 13.5. The second kappa shape index (κ2) is 6.64. The molecule has 2 aromatic rings. The topological polar surface area (TPSA) is 60.3 Å². The molecule has 6 heteroatoms. The molecule has 1 amide bonds. The van der Waals surface area contributed by atoms with Gasteiger partial charge in [-0.3, -0.25) is 9.59 Å². The van der Waals surface area contributed by atoms with Gasteiger partial charge in [0.2, 0.25) is 0 Å². The Morgan fingerprint density at radius 1 is 1.30 bits per heavy atom. The summed E-state index contributed by atoms with van der Waals surface area (Å²) in [6.45, 7) is 3.20. The number of benzene rings is 1. The third-order valence-electron chi connectivity index (χ3n) is 3.67. The highest BCUT2D eigenvalue weighted by Gasteiger charge is 2.17. The number of nitrogens with one attached hydrogen (secondary N) is 1. The predicted octanol–water partition coefficient (Wildman–Crippen LogP) is 2.87. The average Bonchev–Trinajstić information content (AvgIpc) is 2.89. The van der Waals surface area contributed by atoms with Crippen molar-refractivity contribution in [2.75, 3.05) is 7.11 Å². The van der Waals surface area contributed by atoms with Crippen molar-refractivity contribution in [1.82, 2.24) is 9.88 Å². The molecule has 0 aliphatic carbocycles. The monoisotopic (exact) mass is 318 g/mol. The first-order valence-electron chi connectivity index (χ1n) is 7.15. The lowest BCUT2D eigenvalue weighted by Crippen LogP contribution is -2.28. The molecule has 0 saturated heterocycles. The van der Waals surface area contributed by atoms with Gasteiger partial charge in [-0.15, -0.1) is 0 Å². The molecule has 1 heterocycles. The number of amides is 1. The zero-order chi connectivity index (χ0) is 17.1. The second-order valence-corrected chi connectivity index (χ2v) is 5.37. The van der Waals surface area contributed by atoms with Crippen molar-refractivity contribution in [3.63, 3.8) is 0 Å². The maximum atomic E-state index is 13.7. The fourth-order valence-corrected chi connectivity index (χ4v) is 2.29. The number of methoxy groups -OCH3 is 1. The van der Waals surface area contributed by atoms with Crippen LogP contribution >= 0.6 is 0 Å². The van der Waals surface area contributed by atoms with Crippen LogP contribution in [0.5, 0.6) is 5.75 Å². The smallest absolute Gasteiger partial charge is 0.268 e. The number of halogens is 1. The van der Waals surface area contributed by atoms with Gasteiger partial charge in [0.25, 0.3) is 5.91 Å². The molecule has 1 aromatic carbocycles. The van der Waals surface area contributed by atoms with Gasteiger partial charge in [-0.1, -0.05) is 6.07 Å². The van der Waals surface area contributed by atoms with E-state index in [9.17, 15) is 14.0 Å². The molecule has 1 unspecified atom stereocenters. The van der Waals surface area contributed by atoms with E-state index < -0.39 is 11.9 Å². The van der Waals surface area contributed by atoms with Gasteiger partial charge in [-0.25, -0.2) is 4.39 Å². The van der Waals surface area contributed by atoms with E-state index in [-0.39, 0.29) is 17.4 Å². The second-order valence-electron chi connectivity index (χ2n) is 5.37. The van der Waals surface area contributed by atoms with Gasteiger partial charge >= 0.3 is 0 Å². The Morgan fingerprint density at radius 2 is 2.00 bits per heavy atom. The summed E-state index contributed by atoms with van der Waals surface area (Å²) in [5.41, 5.74) is 1.47. The van der Waals surface area contributed by atoms with Gasteiger partial charge in [0, 0.05) is 18.8 Å². The molecule has 0 saturated carbocycles. The molecule has 0 aliphatic heterocycles. The molecule has 23 heavy (non-hydrogen) atoms. The van der Waals surface area contributed by atoms with Crippen molar-refractivity contribution in [3.05, 3.63) is 53.1 Å². The zero-order valence-electron chi connectivity index (χ0n) is 13.5. The van der Waals surface area contributed by atoms with E-state index in [4.69, 9.17) is 4.74 Å². The number of carbonyl (C=O) groups is 2. The summed E-state index contributed by atoms with van der Waals surface area (Å²) in [6, 6.07) is 5.69. The molecule has 0 aliphatic rings. The summed E-state index contributed by atoms with van der Waals surface area (Å²) in [4.78, 5) is 23.7. The Morgan fingerprint density at radius 3 is 2.52 bits per heavy atom. The minimum atomic E-state index is -0.483. The van der Waals surface area contributed by atoms with Gasteiger partial charge in [0.15, 0.2) is 17.3 Å². The van der Waals surface area contributed by atoms with Gasteiger partial charge in [-0.2, -0.15) is 0 Å². The van der Waals surface area contributed by atoms with Crippen LogP contribution in [0.1, 0.15) is 46.3 Å². The van der Waals surface area contributed by atoms with Crippen molar-refractivity contribution in [2.45, 2.75) is 19.9 Å². The first kappa shape index (κ1) is 16.7. The Hall–Kier alpha value is -2.63. The highest BCUT2D eigenvalue weighted by molar-refractivity contribution is 5.99. The Balaban J connectivity index is 2.16. The highest BCUT2D eigenvalue weighted by atomic mass is 19.1. The molecule has 122 valence electrons. The maximum Gasteiger partial charge on any atom is 0.268 e. The molecule has 1 N–H and O–H groups in total. The van der Waals surface area contributed by atoms with E-state index in [1.54, 1.807) is 36.9 Å². The summed E-state index contributed by atoms with van der Waals surface area (Å²) in [6.07, 6.45) is 1.61. The van der Waals surface area contributed by atoms with Crippen molar-refractivity contribution in [2.24, 2.45) is 7.05 Å². The number of rotatable bonds is 5. The third-order valence-corrected chi connectivity index (χ3v) is 3.67. The van der Waals surface area contributed by atoms with Crippen molar-refractivity contribution >= 4 is 11.7 Å². The molecule has 2 rings (SSSR count). The molecular weight excluding hydrogens is 299 g/mol. The van der Waals surface area contributed by atoms with Crippen molar-refractivity contribution < 1.29 is 18.7 Å². The lowest BCUT2D eigenvalue weighted by Gasteiger charge is -2.15. The number of carbonyl (C=O) groups excluding carboxylic acids is 2. The Kier molecular flexibility index (Phi) is 4.83. The van der Waals surface area contributed by atoms with Gasteiger partial charge in [-0.05, 0) is 37.6 Å². The maximum absolute atomic E-state index is 13.7. The average molecular weight is 318 g/mol. The lowest BCUT2D eigenvalue weighted by atomic mass is 10.1. The number of ketones is 1. The first-order chi connectivity index (χ1) is 10.8. The summed E-state index contributed by atoms with van der Waals surface area (Å²) in [5.74, 6) is -0.765. The summed E-state index contributed by atoms with van der Waals surface area (Å²) >= 11 is 0. The molecule has 0 bridgehead atoms. The minimum Gasteiger partial charge on any atom is -0.494 e. The molecule has 0 spiro atoms. The number of ether oxygens (including phenoxy) is 1. The van der Waals surface area contributed by atoms with Crippen LogP contribution in [0.3, 0.4) is 0 Å². The number of hydrogen-bond acceptors (Lipinski definition) is 3. The van der Waals surface area contributed by atoms with Crippen LogP contribution in [0.15, 0.2) is 30.5 Å². The van der Waals surface area contributed by atoms with Crippen LogP contribution in [0.4, 0.5) is 4.39 Å². The lowest BCUT2D eigenvalue weighted by molar-refractivity contribution is 0.0931. The number of hydrogen-bond donors (Lipinski definition) is 1. The van der Waals surface area contributed by atoms with E-state index >= 15 is 0 Å². The number of aromatic nitrogens is 1. The van der Waals surface area contributed by atoms with Gasteiger partial charge in [0.1, 0.15) is 5.69 Å². The number of aryl methyl sites for hydroxylation is 1.